The van der Waals surface area contributed by atoms with Crippen molar-refractivity contribution in [3.8, 4) is 11.1 Å². The van der Waals surface area contributed by atoms with Crippen LogP contribution in [-0.4, -0.2) is 10.9 Å². The highest BCUT2D eigenvalue weighted by molar-refractivity contribution is 7.16. The van der Waals surface area contributed by atoms with Gasteiger partial charge in [0, 0.05) is 5.56 Å². The predicted octanol–water partition coefficient (Wildman–Crippen LogP) is 3.06. The first kappa shape index (κ1) is 10.9. The van der Waals surface area contributed by atoms with Gasteiger partial charge in [-0.1, -0.05) is 24.3 Å². The zero-order chi connectivity index (χ0) is 12.5. The van der Waals surface area contributed by atoms with Gasteiger partial charge in [0.1, 0.15) is 0 Å². The first-order valence-corrected chi connectivity index (χ1v) is 6.36. The van der Waals surface area contributed by atoms with Crippen LogP contribution in [0.2, 0.25) is 0 Å². The minimum atomic E-state index is -0.413. The second-order valence-electron chi connectivity index (χ2n) is 3.94. The van der Waals surface area contributed by atoms with E-state index >= 15 is 0 Å². The van der Waals surface area contributed by atoms with E-state index in [1.165, 1.54) is 0 Å². The van der Waals surface area contributed by atoms with Gasteiger partial charge in [-0.05, 0) is 29.3 Å². The number of rotatable bonds is 2. The molecule has 0 radical (unpaired) electrons. The van der Waals surface area contributed by atoms with Gasteiger partial charge in [-0.3, -0.25) is 4.79 Å². The lowest BCUT2D eigenvalue weighted by molar-refractivity contribution is 0.100. The third kappa shape index (κ3) is 1.76. The highest BCUT2D eigenvalue weighted by Crippen LogP contribution is 2.28. The Kier molecular flexibility index (Phi) is 2.57. The molecule has 0 saturated carbocycles. The molecule has 18 heavy (non-hydrogen) atoms. The number of primary amides is 1. The number of amides is 1. The molecule has 3 nitrogen and oxygen atoms in total. The minimum absolute atomic E-state index is 0.413. The molecule has 3 aromatic rings. The molecule has 0 fully saturated rings. The Labute approximate surface area is 108 Å². The molecule has 0 atom stereocenters. The summed E-state index contributed by atoms with van der Waals surface area (Å²) in [5, 5.41) is 0. The molecule has 0 aliphatic rings. The highest BCUT2D eigenvalue weighted by atomic mass is 32.1. The second-order valence-corrected chi connectivity index (χ2v) is 4.83. The van der Waals surface area contributed by atoms with Crippen LogP contribution in [-0.2, 0) is 0 Å². The first-order valence-electron chi connectivity index (χ1n) is 5.48. The van der Waals surface area contributed by atoms with Crippen LogP contribution in [0, 0.1) is 0 Å². The summed E-state index contributed by atoms with van der Waals surface area (Å²) in [6, 6.07) is 13.3. The third-order valence-corrected chi connectivity index (χ3v) is 3.64. The number of carbonyl (C=O) groups is 1. The number of carbonyl (C=O) groups excluding carboxylic acids is 1. The monoisotopic (exact) mass is 254 g/mol. The molecule has 0 spiro atoms. The average Bonchev–Trinajstić information content (AvgIpc) is 2.85. The van der Waals surface area contributed by atoms with Gasteiger partial charge in [0.05, 0.1) is 15.7 Å². The van der Waals surface area contributed by atoms with E-state index in [4.69, 9.17) is 5.73 Å². The topological polar surface area (TPSA) is 56.0 Å². The Morgan fingerprint density at radius 2 is 2.00 bits per heavy atom. The fraction of sp³-hybridized carbons (Fsp3) is 0. The third-order valence-electron chi connectivity index (χ3n) is 2.83. The van der Waals surface area contributed by atoms with E-state index in [-0.39, 0.29) is 0 Å². The largest absolute Gasteiger partial charge is 0.366 e. The number of aromatic nitrogens is 1. The van der Waals surface area contributed by atoms with E-state index in [2.05, 4.69) is 4.98 Å². The SMILES string of the molecule is NC(=O)c1ccccc1-c1ccc2scnc2c1. The number of fused-ring (bicyclic) bond motifs is 1. The van der Waals surface area contributed by atoms with Crippen molar-refractivity contribution >= 4 is 27.5 Å². The van der Waals surface area contributed by atoms with E-state index in [0.29, 0.717) is 5.56 Å². The summed E-state index contributed by atoms with van der Waals surface area (Å²) in [5.41, 5.74) is 10.5. The van der Waals surface area contributed by atoms with Gasteiger partial charge in [-0.25, -0.2) is 4.98 Å². The summed E-state index contributed by atoms with van der Waals surface area (Å²) < 4.78 is 1.13. The summed E-state index contributed by atoms with van der Waals surface area (Å²) in [4.78, 5) is 15.7. The van der Waals surface area contributed by atoms with E-state index < -0.39 is 5.91 Å². The normalized spacial score (nSPS) is 10.7. The van der Waals surface area contributed by atoms with Crippen LogP contribution >= 0.6 is 11.3 Å². The van der Waals surface area contributed by atoms with Crippen molar-refractivity contribution in [1.29, 1.82) is 0 Å². The van der Waals surface area contributed by atoms with Gasteiger partial charge < -0.3 is 5.73 Å². The molecule has 1 aromatic heterocycles. The van der Waals surface area contributed by atoms with Gasteiger partial charge in [0.25, 0.3) is 0 Å². The molecule has 4 heteroatoms. The summed E-state index contributed by atoms with van der Waals surface area (Å²) in [6.45, 7) is 0. The minimum Gasteiger partial charge on any atom is -0.366 e. The number of hydrogen-bond donors (Lipinski definition) is 1. The Morgan fingerprint density at radius 1 is 1.17 bits per heavy atom. The molecular weight excluding hydrogens is 244 g/mol. The molecule has 2 aromatic carbocycles. The van der Waals surface area contributed by atoms with Crippen LogP contribution in [0.5, 0.6) is 0 Å². The maximum atomic E-state index is 11.4. The number of hydrogen-bond acceptors (Lipinski definition) is 3. The maximum absolute atomic E-state index is 11.4. The zero-order valence-corrected chi connectivity index (χ0v) is 10.3. The molecule has 88 valence electrons. The highest BCUT2D eigenvalue weighted by Gasteiger charge is 2.09. The van der Waals surface area contributed by atoms with E-state index in [9.17, 15) is 4.79 Å². The molecule has 1 heterocycles. The number of nitrogens with two attached hydrogens (primary N) is 1. The summed E-state index contributed by atoms with van der Waals surface area (Å²) in [7, 11) is 0. The fourth-order valence-electron chi connectivity index (χ4n) is 1.98. The molecule has 0 bridgehead atoms. The first-order chi connectivity index (χ1) is 8.75. The lowest BCUT2D eigenvalue weighted by atomic mass is 9.99. The number of benzene rings is 2. The molecule has 0 saturated heterocycles. The van der Waals surface area contributed by atoms with Gasteiger partial charge in [-0.15, -0.1) is 11.3 Å². The van der Waals surface area contributed by atoms with E-state index in [1.807, 2.05) is 41.9 Å². The molecule has 0 unspecified atom stereocenters. The van der Waals surface area contributed by atoms with Crippen molar-refractivity contribution in [3.63, 3.8) is 0 Å². The Balaban J connectivity index is 2.22. The standard InChI is InChI=1S/C14H10N2OS/c15-14(17)11-4-2-1-3-10(11)9-5-6-13-12(7-9)16-8-18-13/h1-8H,(H2,15,17). The van der Waals surface area contributed by atoms with Crippen LogP contribution in [0.3, 0.4) is 0 Å². The Morgan fingerprint density at radius 3 is 2.83 bits per heavy atom. The average molecular weight is 254 g/mol. The van der Waals surface area contributed by atoms with Crippen molar-refractivity contribution in [2.24, 2.45) is 5.73 Å². The van der Waals surface area contributed by atoms with Crippen molar-refractivity contribution in [2.45, 2.75) is 0 Å². The fourth-order valence-corrected chi connectivity index (χ4v) is 2.63. The summed E-state index contributed by atoms with van der Waals surface area (Å²) >= 11 is 1.60. The maximum Gasteiger partial charge on any atom is 0.249 e. The van der Waals surface area contributed by atoms with E-state index in [1.54, 1.807) is 17.4 Å². The van der Waals surface area contributed by atoms with Crippen molar-refractivity contribution in [1.82, 2.24) is 4.98 Å². The molecule has 2 N–H and O–H groups in total. The van der Waals surface area contributed by atoms with Crippen LogP contribution in [0.4, 0.5) is 0 Å². The van der Waals surface area contributed by atoms with E-state index in [0.717, 1.165) is 21.3 Å². The quantitative estimate of drug-likeness (QED) is 0.764. The molecular formula is C14H10N2OS. The predicted molar refractivity (Wildman–Crippen MR) is 73.6 cm³/mol. The number of thiazole rings is 1. The van der Waals surface area contributed by atoms with Crippen LogP contribution in [0.1, 0.15) is 10.4 Å². The van der Waals surface area contributed by atoms with Crippen LogP contribution in [0.15, 0.2) is 48.0 Å². The van der Waals surface area contributed by atoms with Crippen molar-refractivity contribution < 1.29 is 4.79 Å². The Bertz CT molecular complexity index is 733. The molecule has 1 amide bonds. The molecule has 3 rings (SSSR count). The van der Waals surface area contributed by atoms with Crippen LogP contribution in [0.25, 0.3) is 21.3 Å². The second kappa shape index (κ2) is 4.23. The smallest absolute Gasteiger partial charge is 0.249 e. The molecule has 0 aliphatic heterocycles. The lowest BCUT2D eigenvalue weighted by Gasteiger charge is -2.06. The van der Waals surface area contributed by atoms with Crippen molar-refractivity contribution in [2.75, 3.05) is 0 Å². The Hall–Kier alpha value is -2.20. The zero-order valence-electron chi connectivity index (χ0n) is 9.46. The van der Waals surface area contributed by atoms with Crippen molar-refractivity contribution in [3.05, 3.63) is 53.5 Å². The number of nitrogens with zero attached hydrogens (tertiary/aromatic N) is 1. The summed E-state index contributed by atoms with van der Waals surface area (Å²) in [5.74, 6) is -0.413. The molecule has 0 aliphatic carbocycles. The van der Waals surface area contributed by atoms with Gasteiger partial charge in [-0.2, -0.15) is 0 Å². The van der Waals surface area contributed by atoms with Crippen LogP contribution < -0.4 is 5.73 Å². The summed E-state index contributed by atoms with van der Waals surface area (Å²) in [6.07, 6.45) is 0. The van der Waals surface area contributed by atoms with Gasteiger partial charge in [0.2, 0.25) is 5.91 Å². The van der Waals surface area contributed by atoms with Gasteiger partial charge in [0.15, 0.2) is 0 Å². The van der Waals surface area contributed by atoms with Gasteiger partial charge >= 0.3 is 0 Å². The lowest BCUT2D eigenvalue weighted by Crippen LogP contribution is -2.12.